The van der Waals surface area contributed by atoms with Crippen LogP contribution >= 0.6 is 11.8 Å². The van der Waals surface area contributed by atoms with Gasteiger partial charge in [0.1, 0.15) is 5.70 Å². The van der Waals surface area contributed by atoms with Gasteiger partial charge in [-0.2, -0.15) is 5.06 Å². The highest BCUT2D eigenvalue weighted by Gasteiger charge is 2.60. The molecule has 7 atom stereocenters. The molecular weight excluding hydrogens is 382 g/mol. The summed E-state index contributed by atoms with van der Waals surface area (Å²) < 4.78 is 0. The van der Waals surface area contributed by atoms with Crippen LogP contribution in [-0.4, -0.2) is 80.3 Å². The second-order valence-corrected chi connectivity index (χ2v) is 10.00. The van der Waals surface area contributed by atoms with E-state index in [2.05, 4.69) is 5.32 Å². The molecule has 0 aromatic carbocycles. The molecule has 4 aliphatic heterocycles. The quantitative estimate of drug-likeness (QED) is 0.473. The number of carboxylic acids is 1. The number of hydrogen-bond acceptors (Lipinski definition) is 7. The molecule has 9 heteroatoms. The van der Waals surface area contributed by atoms with Crippen LogP contribution in [0.3, 0.4) is 0 Å². The molecule has 0 saturated carbocycles. The Hall–Kier alpha value is -1.13. The molecule has 0 bridgehead atoms. The lowest BCUT2D eigenvalue weighted by Gasteiger charge is -2.46. The summed E-state index contributed by atoms with van der Waals surface area (Å²) in [6.45, 7) is 5.83. The molecule has 4 rings (SSSR count). The Morgan fingerprint density at radius 2 is 2.18 bits per heavy atom. The lowest BCUT2D eigenvalue weighted by atomic mass is 9.79. The van der Waals surface area contributed by atoms with Crippen LogP contribution in [0.2, 0.25) is 0 Å². The second-order valence-electron chi connectivity index (χ2n) is 8.66. The fourth-order valence-corrected chi connectivity index (χ4v) is 6.84. The van der Waals surface area contributed by atoms with E-state index in [1.54, 1.807) is 18.7 Å². The first kappa shape index (κ1) is 20.2. The van der Waals surface area contributed by atoms with Gasteiger partial charge in [-0.05, 0) is 32.1 Å². The Balaban J connectivity index is 1.42. The summed E-state index contributed by atoms with van der Waals surface area (Å²) in [5.41, 5.74) is 0.111. The molecule has 3 fully saturated rings. The Kier molecular flexibility index (Phi) is 5.47. The number of hydrogen-bond donors (Lipinski definition) is 4. The molecule has 0 aromatic rings. The predicted octanol–water partition coefficient (Wildman–Crippen LogP) is 0.705. The highest BCUT2D eigenvalue weighted by atomic mass is 32.2. The number of aliphatic hydroxyl groups excluding tert-OH is 1. The Bertz CT molecular complexity index is 699. The van der Waals surface area contributed by atoms with Crippen molar-refractivity contribution in [2.75, 3.05) is 19.6 Å². The number of β-lactam (4-membered cyclic amide) rings is 1. The maximum absolute atomic E-state index is 12.4. The van der Waals surface area contributed by atoms with E-state index < -0.39 is 18.0 Å². The number of rotatable bonds is 6. The van der Waals surface area contributed by atoms with E-state index in [1.165, 1.54) is 9.96 Å². The van der Waals surface area contributed by atoms with E-state index in [9.17, 15) is 25.0 Å². The van der Waals surface area contributed by atoms with Crippen molar-refractivity contribution >= 4 is 23.6 Å². The molecule has 3 saturated heterocycles. The van der Waals surface area contributed by atoms with Crippen LogP contribution in [-0.2, 0) is 9.59 Å². The Labute approximate surface area is 168 Å². The first-order valence-electron chi connectivity index (χ1n) is 10.1. The van der Waals surface area contributed by atoms with Crippen LogP contribution in [0.15, 0.2) is 10.6 Å². The van der Waals surface area contributed by atoms with Gasteiger partial charge in [-0.25, -0.2) is 4.79 Å². The normalized spacial score (nSPS) is 39.4. The van der Waals surface area contributed by atoms with Crippen LogP contribution in [0.5, 0.6) is 0 Å². The third kappa shape index (κ3) is 3.37. The molecule has 0 aliphatic carbocycles. The summed E-state index contributed by atoms with van der Waals surface area (Å²) in [7, 11) is 0. The maximum Gasteiger partial charge on any atom is 0.353 e. The molecule has 8 nitrogen and oxygen atoms in total. The average molecular weight is 412 g/mol. The second kappa shape index (κ2) is 7.60. The summed E-state index contributed by atoms with van der Waals surface area (Å²) in [5, 5.41) is 34.4. The molecule has 4 aliphatic rings. The SMILES string of the molecule is C[C@@H](O)[C@H]1C(=O)N2C(C(=O)O)=C(S[C@@H]3CN[C@@H](C[C@H]4CCN(O)C4)C3)[C@H](C)[C@H]12. The number of nitrogens with one attached hydrogen (secondary N) is 1. The van der Waals surface area contributed by atoms with Crippen molar-refractivity contribution in [1.29, 1.82) is 0 Å². The van der Waals surface area contributed by atoms with Crippen molar-refractivity contribution in [2.45, 2.75) is 56.5 Å². The van der Waals surface area contributed by atoms with Crippen molar-refractivity contribution in [1.82, 2.24) is 15.3 Å². The predicted molar refractivity (Wildman–Crippen MR) is 104 cm³/mol. The van der Waals surface area contributed by atoms with E-state index in [1.807, 2.05) is 6.92 Å². The van der Waals surface area contributed by atoms with Crippen molar-refractivity contribution in [3.8, 4) is 0 Å². The number of carbonyl (C=O) groups is 2. The Morgan fingerprint density at radius 3 is 2.79 bits per heavy atom. The molecule has 1 amide bonds. The molecule has 156 valence electrons. The molecule has 0 aromatic heterocycles. The largest absolute Gasteiger partial charge is 0.477 e. The van der Waals surface area contributed by atoms with Gasteiger partial charge in [0.2, 0.25) is 5.91 Å². The number of aliphatic carboxylic acids is 1. The molecule has 4 N–H and O–H groups in total. The highest BCUT2D eigenvalue weighted by molar-refractivity contribution is 8.03. The number of aliphatic hydroxyl groups is 1. The van der Waals surface area contributed by atoms with E-state index in [4.69, 9.17) is 0 Å². The van der Waals surface area contributed by atoms with Gasteiger partial charge in [0.15, 0.2) is 0 Å². The molecule has 0 spiro atoms. The molecule has 0 unspecified atom stereocenters. The van der Waals surface area contributed by atoms with Gasteiger partial charge < -0.3 is 25.6 Å². The molecule has 28 heavy (non-hydrogen) atoms. The van der Waals surface area contributed by atoms with Crippen molar-refractivity contribution in [2.24, 2.45) is 17.8 Å². The van der Waals surface area contributed by atoms with E-state index in [-0.39, 0.29) is 28.8 Å². The highest BCUT2D eigenvalue weighted by Crippen LogP contribution is 2.51. The molecule has 0 radical (unpaired) electrons. The number of hydroxylamine groups is 2. The monoisotopic (exact) mass is 411 g/mol. The summed E-state index contributed by atoms with van der Waals surface area (Å²) in [6, 6.07) is 0.128. The average Bonchev–Trinajstić information content (AvgIpc) is 3.28. The fourth-order valence-electron chi connectivity index (χ4n) is 5.32. The standard InChI is InChI=1S/C19H29N3O5S/c1-9-15-14(10(2)23)18(24)22(15)16(19(25)26)17(9)28-13-6-12(20-7-13)5-11-3-4-21(27)8-11/h9-15,20,23,27H,3-8H2,1-2H3,(H,25,26)/t9-,10-,11-,12+,13+,14-,15-/m1/s1. The zero-order valence-electron chi connectivity index (χ0n) is 16.2. The van der Waals surface area contributed by atoms with Crippen molar-refractivity contribution < 1.29 is 25.0 Å². The van der Waals surface area contributed by atoms with Gasteiger partial charge in [-0.1, -0.05) is 6.92 Å². The van der Waals surface area contributed by atoms with Gasteiger partial charge in [-0.15, -0.1) is 11.8 Å². The van der Waals surface area contributed by atoms with Crippen molar-refractivity contribution in [3.63, 3.8) is 0 Å². The number of thioether (sulfide) groups is 1. The minimum atomic E-state index is -1.06. The van der Waals surface area contributed by atoms with E-state index >= 15 is 0 Å². The van der Waals surface area contributed by atoms with Crippen LogP contribution in [0.4, 0.5) is 0 Å². The first-order chi connectivity index (χ1) is 13.3. The number of nitrogens with zero attached hydrogens (tertiary/aromatic N) is 2. The number of amides is 1. The number of fused-ring (bicyclic) bond motifs is 1. The lowest BCUT2D eigenvalue weighted by Crippen LogP contribution is -2.63. The van der Waals surface area contributed by atoms with Gasteiger partial charge in [0.25, 0.3) is 0 Å². The zero-order chi connectivity index (χ0) is 20.2. The van der Waals surface area contributed by atoms with Crippen LogP contribution in [0.25, 0.3) is 0 Å². The van der Waals surface area contributed by atoms with Crippen LogP contribution < -0.4 is 5.32 Å². The third-order valence-corrected chi connectivity index (χ3v) is 8.18. The van der Waals surface area contributed by atoms with Gasteiger partial charge in [-0.3, -0.25) is 4.79 Å². The van der Waals surface area contributed by atoms with Gasteiger partial charge >= 0.3 is 5.97 Å². The maximum atomic E-state index is 12.4. The molecular formula is C19H29N3O5S. The minimum Gasteiger partial charge on any atom is -0.477 e. The fraction of sp³-hybridized carbons (Fsp3) is 0.789. The van der Waals surface area contributed by atoms with Crippen LogP contribution in [0.1, 0.15) is 33.1 Å². The van der Waals surface area contributed by atoms with E-state index in [0.29, 0.717) is 12.0 Å². The van der Waals surface area contributed by atoms with E-state index in [0.717, 1.165) is 43.8 Å². The van der Waals surface area contributed by atoms with Gasteiger partial charge in [0.05, 0.1) is 18.1 Å². The third-order valence-electron chi connectivity index (χ3n) is 6.67. The molecule has 4 heterocycles. The number of carboxylic acid groups (broad SMARTS) is 1. The first-order valence-corrected chi connectivity index (χ1v) is 11.0. The number of carbonyl (C=O) groups excluding carboxylic acids is 1. The lowest BCUT2D eigenvalue weighted by molar-refractivity contribution is -0.163. The van der Waals surface area contributed by atoms with Gasteiger partial charge in [0, 0.05) is 41.7 Å². The minimum absolute atomic E-state index is 0.0785. The summed E-state index contributed by atoms with van der Waals surface area (Å²) in [4.78, 5) is 26.5. The Morgan fingerprint density at radius 1 is 1.43 bits per heavy atom. The topological polar surface area (TPSA) is 113 Å². The van der Waals surface area contributed by atoms with Crippen LogP contribution in [0, 0.1) is 17.8 Å². The summed E-state index contributed by atoms with van der Waals surface area (Å²) in [6.07, 6.45) is 2.21. The smallest absolute Gasteiger partial charge is 0.353 e. The summed E-state index contributed by atoms with van der Waals surface area (Å²) >= 11 is 1.59. The van der Waals surface area contributed by atoms with Crippen molar-refractivity contribution in [3.05, 3.63) is 10.6 Å². The summed E-state index contributed by atoms with van der Waals surface area (Å²) in [5.74, 6) is -1.44. The zero-order valence-corrected chi connectivity index (χ0v) is 17.1.